The molecule has 0 bridgehead atoms. The Labute approximate surface area is 125 Å². The lowest BCUT2D eigenvalue weighted by Gasteiger charge is -2.33. The zero-order valence-electron chi connectivity index (χ0n) is 11.5. The number of ketones is 3. The van der Waals surface area contributed by atoms with Gasteiger partial charge in [-0.25, -0.2) is 0 Å². The average Bonchev–Trinajstić information content (AvgIpc) is 2.54. The SMILES string of the molecule is O=C1C=CC2C(=O)C3C=CC(=O)c4ccc5ccc1c2c5c43. The molecule has 0 heterocycles. The summed E-state index contributed by atoms with van der Waals surface area (Å²) in [5, 5.41) is 1.89. The van der Waals surface area contributed by atoms with E-state index >= 15 is 0 Å². The van der Waals surface area contributed by atoms with Crippen LogP contribution in [-0.2, 0) is 4.79 Å². The van der Waals surface area contributed by atoms with Crippen LogP contribution in [0.2, 0.25) is 0 Å². The van der Waals surface area contributed by atoms with E-state index in [0.717, 1.165) is 21.9 Å². The first-order valence-corrected chi connectivity index (χ1v) is 7.25. The molecule has 3 heteroatoms. The van der Waals surface area contributed by atoms with Gasteiger partial charge < -0.3 is 0 Å². The molecule has 0 N–H and O–H groups in total. The third-order valence-electron chi connectivity index (χ3n) is 4.91. The summed E-state index contributed by atoms with van der Waals surface area (Å²) in [6.07, 6.45) is 6.38. The van der Waals surface area contributed by atoms with Crippen molar-refractivity contribution in [3.63, 3.8) is 0 Å². The highest BCUT2D eigenvalue weighted by molar-refractivity contribution is 6.21. The van der Waals surface area contributed by atoms with Crippen LogP contribution in [-0.4, -0.2) is 17.3 Å². The van der Waals surface area contributed by atoms with Crippen molar-refractivity contribution in [3.8, 4) is 0 Å². The third-order valence-corrected chi connectivity index (χ3v) is 4.91. The van der Waals surface area contributed by atoms with Gasteiger partial charge >= 0.3 is 0 Å². The molecule has 0 aromatic heterocycles. The molecule has 5 rings (SSSR count). The first-order chi connectivity index (χ1) is 10.7. The molecule has 2 aromatic rings. The zero-order chi connectivity index (χ0) is 15.0. The van der Waals surface area contributed by atoms with Crippen LogP contribution in [0.25, 0.3) is 10.8 Å². The fraction of sp³-hybridized carbons (Fsp3) is 0.105. The first-order valence-electron chi connectivity index (χ1n) is 7.25. The van der Waals surface area contributed by atoms with Crippen molar-refractivity contribution in [1.29, 1.82) is 0 Å². The van der Waals surface area contributed by atoms with E-state index < -0.39 is 0 Å². The van der Waals surface area contributed by atoms with Gasteiger partial charge in [-0.2, -0.15) is 0 Å². The van der Waals surface area contributed by atoms with Crippen molar-refractivity contribution in [2.45, 2.75) is 11.8 Å². The molecule has 2 unspecified atom stereocenters. The lowest BCUT2D eigenvalue weighted by molar-refractivity contribution is -0.120. The van der Waals surface area contributed by atoms with Crippen molar-refractivity contribution in [2.75, 3.05) is 0 Å². The highest BCUT2D eigenvalue weighted by Gasteiger charge is 2.41. The van der Waals surface area contributed by atoms with Crippen LogP contribution in [0.15, 0.2) is 48.6 Å². The van der Waals surface area contributed by atoms with Crippen molar-refractivity contribution >= 4 is 28.1 Å². The Kier molecular flexibility index (Phi) is 1.98. The fourth-order valence-corrected chi connectivity index (χ4v) is 3.96. The molecule has 2 atom stereocenters. The molecular weight excluding hydrogens is 276 g/mol. The number of hydrogen-bond donors (Lipinski definition) is 0. The quantitative estimate of drug-likeness (QED) is 0.747. The Morgan fingerprint density at radius 3 is 1.68 bits per heavy atom. The van der Waals surface area contributed by atoms with E-state index in [1.54, 1.807) is 24.3 Å². The molecule has 0 fully saturated rings. The Hall–Kier alpha value is -2.81. The largest absolute Gasteiger partial charge is 0.298 e. The number of carbonyl (C=O) groups excluding carboxylic acids is 3. The molecular formula is C19H10O3. The van der Waals surface area contributed by atoms with E-state index in [1.807, 2.05) is 12.1 Å². The van der Waals surface area contributed by atoms with E-state index in [9.17, 15) is 14.4 Å². The number of rotatable bonds is 0. The first kappa shape index (κ1) is 11.8. The number of Topliss-reactive ketones (excluding diaryl/α,β-unsaturated/α-hetero) is 1. The molecule has 0 saturated carbocycles. The highest BCUT2D eigenvalue weighted by Crippen LogP contribution is 2.47. The Balaban J connectivity index is 2.05. The molecule has 0 spiro atoms. The summed E-state index contributed by atoms with van der Waals surface area (Å²) in [4.78, 5) is 37.2. The maximum Gasteiger partial charge on any atom is 0.185 e. The molecule has 3 aliphatic rings. The Morgan fingerprint density at radius 2 is 1.18 bits per heavy atom. The summed E-state index contributed by atoms with van der Waals surface area (Å²) in [6.45, 7) is 0. The molecule has 22 heavy (non-hydrogen) atoms. The Morgan fingerprint density at radius 1 is 0.682 bits per heavy atom. The Bertz CT molecular complexity index is 917. The molecule has 3 nitrogen and oxygen atoms in total. The highest BCUT2D eigenvalue weighted by atomic mass is 16.1. The molecule has 104 valence electrons. The molecule has 2 aromatic carbocycles. The standard InChI is InChI=1S/C19H10O3/c20-14-7-5-12-17-10(14)3-1-9-2-4-11-15(21)8-6-13(19(12)22)18(11)16(9)17/h1-8,12-13H. The van der Waals surface area contributed by atoms with E-state index in [2.05, 4.69) is 0 Å². The van der Waals surface area contributed by atoms with Gasteiger partial charge in [0.15, 0.2) is 17.3 Å². The van der Waals surface area contributed by atoms with Gasteiger partial charge in [0.2, 0.25) is 0 Å². The third kappa shape index (κ3) is 1.20. The van der Waals surface area contributed by atoms with Gasteiger partial charge in [-0.1, -0.05) is 36.4 Å². The lowest BCUT2D eigenvalue weighted by atomic mass is 9.67. The fourth-order valence-electron chi connectivity index (χ4n) is 3.96. The van der Waals surface area contributed by atoms with Gasteiger partial charge in [-0.3, -0.25) is 14.4 Å². The summed E-state index contributed by atoms with van der Waals surface area (Å²) in [7, 11) is 0. The van der Waals surface area contributed by atoms with Gasteiger partial charge in [0.05, 0.1) is 11.8 Å². The predicted octanol–water partition coefficient (Wildman–Crippen LogP) is 3.09. The van der Waals surface area contributed by atoms with E-state index in [4.69, 9.17) is 0 Å². The van der Waals surface area contributed by atoms with Crippen molar-refractivity contribution < 1.29 is 14.4 Å². The number of benzene rings is 2. The number of hydrogen-bond acceptors (Lipinski definition) is 3. The van der Waals surface area contributed by atoms with Crippen LogP contribution >= 0.6 is 0 Å². The molecule has 0 radical (unpaired) electrons. The van der Waals surface area contributed by atoms with Gasteiger partial charge in [0.25, 0.3) is 0 Å². The van der Waals surface area contributed by atoms with Gasteiger partial charge in [-0.15, -0.1) is 0 Å². The molecule has 0 amide bonds. The van der Waals surface area contributed by atoms with Gasteiger partial charge in [0.1, 0.15) is 0 Å². The normalized spacial score (nSPS) is 24.3. The minimum absolute atomic E-state index is 0.0428. The van der Waals surface area contributed by atoms with Crippen LogP contribution in [0.3, 0.4) is 0 Å². The maximum atomic E-state index is 12.9. The second-order valence-corrected chi connectivity index (χ2v) is 5.96. The summed E-state index contributed by atoms with van der Waals surface area (Å²) in [5.41, 5.74) is 2.74. The van der Waals surface area contributed by atoms with Gasteiger partial charge in [0, 0.05) is 11.1 Å². The lowest BCUT2D eigenvalue weighted by Crippen LogP contribution is -2.30. The van der Waals surface area contributed by atoms with Crippen molar-refractivity contribution in [3.05, 3.63) is 70.8 Å². The predicted molar refractivity (Wildman–Crippen MR) is 81.4 cm³/mol. The monoisotopic (exact) mass is 286 g/mol. The van der Waals surface area contributed by atoms with E-state index in [-0.39, 0.29) is 29.2 Å². The summed E-state index contributed by atoms with van der Waals surface area (Å²) in [6, 6.07) is 7.38. The van der Waals surface area contributed by atoms with Gasteiger partial charge in [-0.05, 0) is 34.1 Å². The smallest absolute Gasteiger partial charge is 0.185 e. The molecule has 3 aliphatic carbocycles. The van der Waals surface area contributed by atoms with Crippen LogP contribution in [0, 0.1) is 0 Å². The minimum Gasteiger partial charge on any atom is -0.298 e. The zero-order valence-corrected chi connectivity index (χ0v) is 11.5. The van der Waals surface area contributed by atoms with Crippen LogP contribution < -0.4 is 0 Å². The summed E-state index contributed by atoms with van der Waals surface area (Å²) in [5.74, 6) is -0.880. The maximum absolute atomic E-state index is 12.9. The van der Waals surface area contributed by atoms with E-state index in [1.165, 1.54) is 12.2 Å². The number of allylic oxidation sites excluding steroid dienone is 4. The second-order valence-electron chi connectivity index (χ2n) is 5.96. The minimum atomic E-state index is -0.387. The summed E-state index contributed by atoms with van der Waals surface area (Å²) >= 11 is 0. The second kappa shape index (κ2) is 3.69. The van der Waals surface area contributed by atoms with Crippen LogP contribution in [0.4, 0.5) is 0 Å². The topological polar surface area (TPSA) is 51.2 Å². The van der Waals surface area contributed by atoms with Crippen LogP contribution in [0.5, 0.6) is 0 Å². The molecule has 0 saturated heterocycles. The van der Waals surface area contributed by atoms with Crippen LogP contribution in [0.1, 0.15) is 43.7 Å². The number of carbonyl (C=O) groups is 3. The van der Waals surface area contributed by atoms with Crippen molar-refractivity contribution in [1.82, 2.24) is 0 Å². The van der Waals surface area contributed by atoms with Crippen molar-refractivity contribution in [2.24, 2.45) is 0 Å². The van der Waals surface area contributed by atoms with E-state index in [0.29, 0.717) is 11.1 Å². The molecule has 0 aliphatic heterocycles. The summed E-state index contributed by atoms with van der Waals surface area (Å²) < 4.78 is 0. The average molecular weight is 286 g/mol.